The van der Waals surface area contributed by atoms with E-state index >= 15 is 0 Å². The average molecular weight is 263 g/mol. The third-order valence-electron chi connectivity index (χ3n) is 4.16. The number of rotatable bonds is 5. The van der Waals surface area contributed by atoms with Crippen molar-refractivity contribution in [1.29, 1.82) is 0 Å². The number of benzene rings is 1. The second-order valence-corrected chi connectivity index (χ2v) is 5.74. The van der Waals surface area contributed by atoms with Crippen molar-refractivity contribution in [2.24, 2.45) is 0 Å². The lowest BCUT2D eigenvalue weighted by molar-refractivity contribution is 0.0521. The van der Waals surface area contributed by atoms with E-state index < -0.39 is 5.60 Å². The molecule has 0 saturated heterocycles. The summed E-state index contributed by atoms with van der Waals surface area (Å²) in [6.45, 7) is 4.53. The van der Waals surface area contributed by atoms with E-state index in [2.05, 4.69) is 17.4 Å². The molecule has 3 nitrogen and oxygen atoms in total. The standard InChI is InChI=1S/C16H25NO2/c1-4-16(2,18)11-17-15-7-5-6-12-8-9-13(19-3)10-14(12)15/h8-10,15,17-18H,4-7,11H2,1-3H3. The van der Waals surface area contributed by atoms with Crippen LogP contribution in [0.5, 0.6) is 5.75 Å². The quantitative estimate of drug-likeness (QED) is 0.858. The minimum atomic E-state index is -0.628. The van der Waals surface area contributed by atoms with Gasteiger partial charge in [0.1, 0.15) is 5.75 Å². The van der Waals surface area contributed by atoms with Crippen LogP contribution in [0.4, 0.5) is 0 Å². The highest BCUT2D eigenvalue weighted by atomic mass is 16.5. The molecule has 2 N–H and O–H groups in total. The third kappa shape index (κ3) is 3.48. The summed E-state index contributed by atoms with van der Waals surface area (Å²) >= 11 is 0. The summed E-state index contributed by atoms with van der Waals surface area (Å²) in [5, 5.41) is 13.6. The van der Waals surface area contributed by atoms with Crippen molar-refractivity contribution >= 4 is 0 Å². The van der Waals surface area contributed by atoms with E-state index in [1.54, 1.807) is 7.11 Å². The number of methoxy groups -OCH3 is 1. The predicted molar refractivity (Wildman–Crippen MR) is 77.6 cm³/mol. The Morgan fingerprint density at radius 1 is 1.47 bits per heavy atom. The second kappa shape index (κ2) is 5.93. The van der Waals surface area contributed by atoms with Crippen LogP contribution in [0.3, 0.4) is 0 Å². The summed E-state index contributed by atoms with van der Waals surface area (Å²) in [7, 11) is 1.70. The molecule has 0 heterocycles. The van der Waals surface area contributed by atoms with Gasteiger partial charge in [-0.25, -0.2) is 0 Å². The van der Waals surface area contributed by atoms with E-state index in [9.17, 15) is 5.11 Å². The molecule has 0 spiro atoms. The smallest absolute Gasteiger partial charge is 0.119 e. The fraction of sp³-hybridized carbons (Fsp3) is 0.625. The number of ether oxygens (including phenoxy) is 1. The lowest BCUT2D eigenvalue weighted by Gasteiger charge is -2.30. The summed E-state index contributed by atoms with van der Waals surface area (Å²) in [4.78, 5) is 0. The Kier molecular flexibility index (Phi) is 4.48. The molecular formula is C16H25NO2. The van der Waals surface area contributed by atoms with Gasteiger partial charge in [-0.05, 0) is 55.9 Å². The van der Waals surface area contributed by atoms with E-state index in [-0.39, 0.29) is 0 Å². The first-order valence-corrected chi connectivity index (χ1v) is 7.18. The van der Waals surface area contributed by atoms with E-state index in [4.69, 9.17) is 4.74 Å². The molecule has 0 radical (unpaired) electrons. The molecule has 19 heavy (non-hydrogen) atoms. The Labute approximate surface area is 116 Å². The summed E-state index contributed by atoms with van der Waals surface area (Å²) in [6, 6.07) is 6.66. The van der Waals surface area contributed by atoms with Crippen LogP contribution in [-0.4, -0.2) is 24.4 Å². The van der Waals surface area contributed by atoms with E-state index in [0.717, 1.165) is 25.0 Å². The van der Waals surface area contributed by atoms with E-state index in [1.165, 1.54) is 17.5 Å². The molecule has 0 fully saturated rings. The molecule has 2 rings (SSSR count). The van der Waals surface area contributed by atoms with Gasteiger partial charge in [-0.15, -0.1) is 0 Å². The number of fused-ring (bicyclic) bond motifs is 1. The Morgan fingerprint density at radius 3 is 2.95 bits per heavy atom. The highest BCUT2D eigenvalue weighted by molar-refractivity contribution is 5.39. The van der Waals surface area contributed by atoms with Gasteiger partial charge >= 0.3 is 0 Å². The first-order valence-electron chi connectivity index (χ1n) is 7.18. The van der Waals surface area contributed by atoms with Crippen LogP contribution in [0, 0.1) is 0 Å². The maximum atomic E-state index is 10.1. The van der Waals surface area contributed by atoms with Gasteiger partial charge < -0.3 is 15.2 Å². The van der Waals surface area contributed by atoms with Gasteiger partial charge in [0.05, 0.1) is 12.7 Å². The first kappa shape index (κ1) is 14.4. The number of aryl methyl sites for hydroxylation is 1. The molecule has 0 saturated carbocycles. The fourth-order valence-electron chi connectivity index (χ4n) is 2.58. The van der Waals surface area contributed by atoms with Crippen molar-refractivity contribution < 1.29 is 9.84 Å². The van der Waals surface area contributed by atoms with Crippen molar-refractivity contribution in [3.8, 4) is 5.75 Å². The summed E-state index contributed by atoms with van der Waals surface area (Å²) in [6.07, 6.45) is 4.23. The van der Waals surface area contributed by atoms with E-state index in [1.807, 2.05) is 19.9 Å². The lowest BCUT2D eigenvalue weighted by Crippen LogP contribution is -2.39. The topological polar surface area (TPSA) is 41.5 Å². The average Bonchev–Trinajstić information content (AvgIpc) is 2.44. The van der Waals surface area contributed by atoms with Gasteiger partial charge in [0.25, 0.3) is 0 Å². The molecule has 2 atom stereocenters. The van der Waals surface area contributed by atoms with Crippen LogP contribution in [-0.2, 0) is 6.42 Å². The van der Waals surface area contributed by atoms with Gasteiger partial charge in [0, 0.05) is 12.6 Å². The van der Waals surface area contributed by atoms with Gasteiger partial charge in [-0.3, -0.25) is 0 Å². The zero-order chi connectivity index (χ0) is 13.9. The van der Waals surface area contributed by atoms with Crippen LogP contribution in [0.1, 0.15) is 50.3 Å². The monoisotopic (exact) mass is 263 g/mol. The molecule has 0 bridgehead atoms. The second-order valence-electron chi connectivity index (χ2n) is 5.74. The van der Waals surface area contributed by atoms with Gasteiger partial charge in [-0.1, -0.05) is 13.0 Å². The maximum absolute atomic E-state index is 10.1. The minimum Gasteiger partial charge on any atom is -0.497 e. The molecule has 106 valence electrons. The number of nitrogens with one attached hydrogen (secondary N) is 1. The zero-order valence-corrected chi connectivity index (χ0v) is 12.2. The molecule has 1 aliphatic carbocycles. The van der Waals surface area contributed by atoms with Crippen molar-refractivity contribution in [2.45, 2.75) is 51.2 Å². The fourth-order valence-corrected chi connectivity index (χ4v) is 2.58. The molecule has 1 aliphatic rings. The highest BCUT2D eigenvalue weighted by Gasteiger charge is 2.24. The Bertz CT molecular complexity index is 429. The Morgan fingerprint density at radius 2 is 2.26 bits per heavy atom. The van der Waals surface area contributed by atoms with Crippen LogP contribution in [0.2, 0.25) is 0 Å². The maximum Gasteiger partial charge on any atom is 0.119 e. The van der Waals surface area contributed by atoms with Crippen molar-refractivity contribution in [3.63, 3.8) is 0 Å². The highest BCUT2D eigenvalue weighted by Crippen LogP contribution is 2.32. The summed E-state index contributed by atoms with van der Waals surface area (Å²) in [5.74, 6) is 0.912. The minimum absolute atomic E-state index is 0.330. The summed E-state index contributed by atoms with van der Waals surface area (Å²) < 4.78 is 5.32. The van der Waals surface area contributed by atoms with Crippen molar-refractivity contribution in [2.75, 3.05) is 13.7 Å². The SMILES string of the molecule is CCC(C)(O)CNC1CCCc2ccc(OC)cc21. The molecule has 0 amide bonds. The van der Waals surface area contributed by atoms with Crippen LogP contribution in [0.25, 0.3) is 0 Å². The molecule has 1 aromatic rings. The first-order chi connectivity index (χ1) is 9.05. The molecule has 0 aliphatic heterocycles. The zero-order valence-electron chi connectivity index (χ0n) is 12.2. The van der Waals surface area contributed by atoms with E-state index in [0.29, 0.717) is 12.6 Å². The molecule has 2 unspecified atom stereocenters. The molecule has 3 heteroatoms. The van der Waals surface area contributed by atoms with Crippen LogP contribution in [0.15, 0.2) is 18.2 Å². The van der Waals surface area contributed by atoms with Gasteiger partial charge in [0.15, 0.2) is 0 Å². The Hall–Kier alpha value is -1.06. The predicted octanol–water partition coefficient (Wildman–Crippen LogP) is 2.82. The van der Waals surface area contributed by atoms with Crippen molar-refractivity contribution in [1.82, 2.24) is 5.32 Å². The number of aliphatic hydroxyl groups is 1. The van der Waals surface area contributed by atoms with Gasteiger partial charge in [-0.2, -0.15) is 0 Å². The third-order valence-corrected chi connectivity index (χ3v) is 4.16. The molecule has 1 aromatic carbocycles. The van der Waals surface area contributed by atoms with Crippen molar-refractivity contribution in [3.05, 3.63) is 29.3 Å². The largest absolute Gasteiger partial charge is 0.497 e. The van der Waals surface area contributed by atoms with Crippen LogP contribution < -0.4 is 10.1 Å². The molecular weight excluding hydrogens is 238 g/mol. The normalized spacial score (nSPS) is 21.6. The van der Waals surface area contributed by atoms with Crippen LogP contribution >= 0.6 is 0 Å². The lowest BCUT2D eigenvalue weighted by atomic mass is 9.87. The number of hydrogen-bond donors (Lipinski definition) is 2. The Balaban J connectivity index is 2.12. The molecule has 0 aromatic heterocycles. The summed E-state index contributed by atoms with van der Waals surface area (Å²) in [5.41, 5.74) is 2.11. The number of hydrogen-bond acceptors (Lipinski definition) is 3. The van der Waals surface area contributed by atoms with Gasteiger partial charge in [0.2, 0.25) is 0 Å².